The monoisotopic (exact) mass is 269 g/mol. The van der Waals surface area contributed by atoms with Gasteiger partial charge in [-0.15, -0.1) is 0 Å². The molecule has 5 heteroatoms. The smallest absolute Gasteiger partial charge is 0.141 e. The number of aromatic nitrogens is 2. The first-order valence-corrected chi connectivity index (χ1v) is 6.59. The molecule has 3 N–H and O–H groups in total. The average Bonchev–Trinajstić information content (AvgIpc) is 2.48. The first-order valence-electron chi connectivity index (χ1n) is 6.59. The number of pyridine rings is 2. The fourth-order valence-electron chi connectivity index (χ4n) is 2.00. The Morgan fingerprint density at radius 2 is 1.80 bits per heavy atom. The fourth-order valence-corrected chi connectivity index (χ4v) is 2.00. The van der Waals surface area contributed by atoms with Gasteiger partial charge in [-0.2, -0.15) is 0 Å². The second kappa shape index (κ2) is 6.77. The number of nitrogen functional groups attached to an aromatic ring is 1. The van der Waals surface area contributed by atoms with E-state index in [1.807, 2.05) is 36.7 Å². The number of hydrogen-bond donors (Lipinski definition) is 2. The highest BCUT2D eigenvalue weighted by Gasteiger charge is 2.06. The van der Waals surface area contributed by atoms with Crippen LogP contribution in [0.3, 0.4) is 0 Å². The van der Waals surface area contributed by atoms with Crippen LogP contribution in [0.4, 0.5) is 0 Å². The number of hydrogen-bond acceptors (Lipinski definition) is 4. The van der Waals surface area contributed by atoms with Crippen LogP contribution in [0.15, 0.2) is 42.9 Å². The standard InChI is InChI=1S/C15H19N5/c1-2-20(10-12-3-6-18-7-4-12)11-13-5-8-19-14(9-13)15(16)17/h3-9H,2,10-11H2,1H3,(H3,16,17). The van der Waals surface area contributed by atoms with Crippen LogP contribution in [0.25, 0.3) is 0 Å². The van der Waals surface area contributed by atoms with Gasteiger partial charge < -0.3 is 5.73 Å². The third-order valence-electron chi connectivity index (χ3n) is 3.11. The van der Waals surface area contributed by atoms with E-state index < -0.39 is 0 Å². The average molecular weight is 269 g/mol. The number of nitrogens with two attached hydrogens (primary N) is 1. The number of rotatable bonds is 6. The van der Waals surface area contributed by atoms with E-state index in [2.05, 4.69) is 21.8 Å². The van der Waals surface area contributed by atoms with Crippen molar-refractivity contribution in [3.63, 3.8) is 0 Å². The quantitative estimate of drug-likeness (QED) is 0.619. The maximum atomic E-state index is 7.43. The summed E-state index contributed by atoms with van der Waals surface area (Å²) in [6.45, 7) is 4.76. The van der Waals surface area contributed by atoms with E-state index in [1.54, 1.807) is 6.20 Å². The Morgan fingerprint density at radius 3 is 2.45 bits per heavy atom. The van der Waals surface area contributed by atoms with E-state index >= 15 is 0 Å². The molecule has 104 valence electrons. The lowest BCUT2D eigenvalue weighted by Gasteiger charge is -2.20. The topological polar surface area (TPSA) is 78.9 Å². The minimum atomic E-state index is 0.00373. The molecule has 0 unspecified atom stereocenters. The summed E-state index contributed by atoms with van der Waals surface area (Å²) in [6, 6.07) is 7.88. The van der Waals surface area contributed by atoms with Crippen LogP contribution in [0, 0.1) is 5.41 Å². The third kappa shape index (κ3) is 3.86. The summed E-state index contributed by atoms with van der Waals surface area (Å²) >= 11 is 0. The zero-order valence-corrected chi connectivity index (χ0v) is 11.6. The van der Waals surface area contributed by atoms with Gasteiger partial charge in [0.25, 0.3) is 0 Å². The van der Waals surface area contributed by atoms with E-state index in [0.717, 1.165) is 25.2 Å². The highest BCUT2D eigenvalue weighted by molar-refractivity contribution is 5.93. The number of amidine groups is 1. The lowest BCUT2D eigenvalue weighted by molar-refractivity contribution is 0.271. The maximum Gasteiger partial charge on any atom is 0.141 e. The molecule has 0 aromatic carbocycles. The van der Waals surface area contributed by atoms with Crippen LogP contribution in [-0.2, 0) is 13.1 Å². The van der Waals surface area contributed by atoms with E-state index in [-0.39, 0.29) is 5.84 Å². The van der Waals surface area contributed by atoms with Crippen LogP contribution in [0.5, 0.6) is 0 Å². The van der Waals surface area contributed by atoms with Gasteiger partial charge in [-0.1, -0.05) is 6.92 Å². The molecule has 2 aromatic heterocycles. The van der Waals surface area contributed by atoms with Crippen molar-refractivity contribution in [3.05, 3.63) is 59.7 Å². The minimum absolute atomic E-state index is 0.00373. The highest BCUT2D eigenvalue weighted by atomic mass is 15.1. The van der Waals surface area contributed by atoms with Gasteiger partial charge in [0, 0.05) is 31.7 Å². The van der Waals surface area contributed by atoms with E-state index in [0.29, 0.717) is 5.69 Å². The SMILES string of the molecule is CCN(Cc1ccncc1)Cc1ccnc(C(=N)N)c1. The van der Waals surface area contributed by atoms with E-state index in [4.69, 9.17) is 11.1 Å². The molecule has 2 heterocycles. The molecule has 0 atom stereocenters. The molecule has 0 bridgehead atoms. The Labute approximate surface area is 119 Å². The fraction of sp³-hybridized carbons (Fsp3) is 0.267. The Hall–Kier alpha value is -2.27. The molecule has 0 radical (unpaired) electrons. The van der Waals surface area contributed by atoms with Gasteiger partial charge in [-0.25, -0.2) is 0 Å². The van der Waals surface area contributed by atoms with Crippen LogP contribution >= 0.6 is 0 Å². The first kappa shape index (κ1) is 14.1. The van der Waals surface area contributed by atoms with Crippen LogP contribution in [0.2, 0.25) is 0 Å². The van der Waals surface area contributed by atoms with Crippen molar-refractivity contribution in [2.24, 2.45) is 5.73 Å². The minimum Gasteiger partial charge on any atom is -0.382 e. The predicted octanol–water partition coefficient (Wildman–Crippen LogP) is 1.78. The Morgan fingerprint density at radius 1 is 1.15 bits per heavy atom. The second-order valence-electron chi connectivity index (χ2n) is 4.62. The van der Waals surface area contributed by atoms with Crippen molar-refractivity contribution in [2.75, 3.05) is 6.54 Å². The van der Waals surface area contributed by atoms with Crippen LogP contribution < -0.4 is 5.73 Å². The molecule has 0 saturated carbocycles. The Bertz CT molecular complexity index is 567. The van der Waals surface area contributed by atoms with Gasteiger partial charge in [0.15, 0.2) is 0 Å². The summed E-state index contributed by atoms with van der Waals surface area (Å²) in [5.41, 5.74) is 8.35. The molecule has 0 spiro atoms. The highest BCUT2D eigenvalue weighted by Crippen LogP contribution is 2.09. The molecule has 2 rings (SSSR count). The van der Waals surface area contributed by atoms with Gasteiger partial charge in [0.2, 0.25) is 0 Å². The lowest BCUT2D eigenvalue weighted by atomic mass is 10.2. The summed E-state index contributed by atoms with van der Waals surface area (Å²) in [7, 11) is 0. The summed E-state index contributed by atoms with van der Waals surface area (Å²) in [6.07, 6.45) is 5.32. The molecule has 20 heavy (non-hydrogen) atoms. The molecule has 0 fully saturated rings. The van der Waals surface area contributed by atoms with Crippen molar-refractivity contribution < 1.29 is 0 Å². The van der Waals surface area contributed by atoms with Crippen molar-refractivity contribution in [1.29, 1.82) is 5.41 Å². The molecule has 0 aliphatic rings. The summed E-state index contributed by atoms with van der Waals surface area (Å²) < 4.78 is 0. The number of nitrogens with one attached hydrogen (secondary N) is 1. The van der Waals surface area contributed by atoms with E-state index in [1.165, 1.54) is 5.56 Å². The van der Waals surface area contributed by atoms with Gasteiger partial charge in [-0.05, 0) is 41.9 Å². The summed E-state index contributed by atoms with van der Waals surface area (Å²) in [5.74, 6) is 0.00373. The molecule has 0 saturated heterocycles. The summed E-state index contributed by atoms with van der Waals surface area (Å²) in [4.78, 5) is 10.4. The molecule has 2 aromatic rings. The van der Waals surface area contributed by atoms with Gasteiger partial charge >= 0.3 is 0 Å². The zero-order chi connectivity index (χ0) is 14.4. The molecule has 5 nitrogen and oxygen atoms in total. The second-order valence-corrected chi connectivity index (χ2v) is 4.62. The number of nitrogens with zero attached hydrogens (tertiary/aromatic N) is 3. The maximum absolute atomic E-state index is 7.43. The van der Waals surface area contributed by atoms with Crippen molar-refractivity contribution >= 4 is 5.84 Å². The van der Waals surface area contributed by atoms with Gasteiger partial charge in [0.05, 0.1) is 0 Å². The predicted molar refractivity (Wildman–Crippen MR) is 79.3 cm³/mol. The normalized spacial score (nSPS) is 10.7. The van der Waals surface area contributed by atoms with Crippen LogP contribution in [0.1, 0.15) is 23.7 Å². The largest absolute Gasteiger partial charge is 0.382 e. The van der Waals surface area contributed by atoms with Gasteiger partial charge in [0.1, 0.15) is 11.5 Å². The van der Waals surface area contributed by atoms with Crippen molar-refractivity contribution in [1.82, 2.24) is 14.9 Å². The summed E-state index contributed by atoms with van der Waals surface area (Å²) in [5, 5.41) is 7.43. The zero-order valence-electron chi connectivity index (χ0n) is 11.6. The van der Waals surface area contributed by atoms with Crippen LogP contribution in [-0.4, -0.2) is 27.2 Å². The Balaban J connectivity index is 2.06. The molecule has 0 aliphatic heterocycles. The lowest BCUT2D eigenvalue weighted by Crippen LogP contribution is -2.23. The Kier molecular flexibility index (Phi) is 4.79. The van der Waals surface area contributed by atoms with E-state index in [9.17, 15) is 0 Å². The molecular weight excluding hydrogens is 250 g/mol. The molecule has 0 amide bonds. The van der Waals surface area contributed by atoms with Gasteiger partial charge in [-0.3, -0.25) is 20.3 Å². The third-order valence-corrected chi connectivity index (χ3v) is 3.11. The van der Waals surface area contributed by atoms with Crippen molar-refractivity contribution in [2.45, 2.75) is 20.0 Å². The first-order chi connectivity index (χ1) is 9.69. The molecular formula is C15H19N5. The molecule has 0 aliphatic carbocycles. The van der Waals surface area contributed by atoms with Crippen molar-refractivity contribution in [3.8, 4) is 0 Å².